The third kappa shape index (κ3) is 5.44. The van der Waals surface area contributed by atoms with E-state index in [0.717, 1.165) is 23.7 Å². The first-order valence-corrected chi connectivity index (χ1v) is 13.2. The normalized spacial score (nSPS) is 18.4. The molecule has 4 N–H and O–H groups in total. The molecule has 1 aliphatic rings. The topological polar surface area (TPSA) is 123 Å². The van der Waals surface area contributed by atoms with Crippen molar-refractivity contribution in [1.82, 2.24) is 25.6 Å². The van der Waals surface area contributed by atoms with Gasteiger partial charge in [-0.15, -0.1) is 0 Å². The molecule has 2 atom stereocenters. The number of aromatic amines is 1. The summed E-state index contributed by atoms with van der Waals surface area (Å²) in [5.74, 6) is -1.000. The van der Waals surface area contributed by atoms with Crippen LogP contribution in [0.25, 0.3) is 10.2 Å². The van der Waals surface area contributed by atoms with E-state index in [-0.39, 0.29) is 29.4 Å². The van der Waals surface area contributed by atoms with Crippen molar-refractivity contribution < 1.29 is 14.7 Å². The number of amides is 1. The Balaban J connectivity index is 1.55. The SMILES string of the molecule is CCc1[nH]c(C(=O)N[C@@H]2CCN(c3nc4cccc(C(=O)O)c4s3)C[C@H]2NC(CC)CC)nc1Cl. The molecule has 9 nitrogen and oxygen atoms in total. The molecule has 0 radical (unpaired) electrons. The second-order valence-corrected chi connectivity index (χ2v) is 10.1. The molecule has 11 heteroatoms. The number of imidazole rings is 1. The zero-order chi connectivity index (χ0) is 25.1. The van der Waals surface area contributed by atoms with Crippen LogP contribution in [-0.2, 0) is 6.42 Å². The van der Waals surface area contributed by atoms with E-state index in [1.807, 2.05) is 13.0 Å². The number of carboxylic acid groups (broad SMARTS) is 1. The lowest BCUT2D eigenvalue weighted by molar-refractivity contribution is 0.0699. The first kappa shape index (κ1) is 25.4. The van der Waals surface area contributed by atoms with E-state index in [0.29, 0.717) is 47.3 Å². The van der Waals surface area contributed by atoms with Crippen molar-refractivity contribution in [3.63, 3.8) is 0 Å². The van der Waals surface area contributed by atoms with E-state index in [9.17, 15) is 14.7 Å². The Morgan fingerprint density at radius 1 is 1.26 bits per heavy atom. The number of fused-ring (bicyclic) bond motifs is 1. The zero-order valence-electron chi connectivity index (χ0n) is 20.1. The lowest BCUT2D eigenvalue weighted by atomic mass is 9.97. The van der Waals surface area contributed by atoms with Crippen LogP contribution < -0.4 is 15.5 Å². The number of carbonyl (C=O) groups excluding carboxylic acids is 1. The summed E-state index contributed by atoms with van der Waals surface area (Å²) < 4.78 is 0.677. The number of piperidine rings is 1. The fourth-order valence-corrected chi connectivity index (χ4v) is 5.87. The molecule has 0 aliphatic carbocycles. The summed E-state index contributed by atoms with van der Waals surface area (Å²) in [6.45, 7) is 7.57. The summed E-state index contributed by atoms with van der Waals surface area (Å²) in [5.41, 5.74) is 1.70. The molecule has 4 rings (SSSR count). The van der Waals surface area contributed by atoms with Crippen LogP contribution in [0.15, 0.2) is 18.2 Å². The monoisotopic (exact) mass is 518 g/mol. The maximum absolute atomic E-state index is 13.0. The minimum absolute atomic E-state index is 0.0142. The van der Waals surface area contributed by atoms with E-state index in [1.54, 1.807) is 12.1 Å². The van der Waals surface area contributed by atoms with Gasteiger partial charge in [0.05, 0.1) is 21.5 Å². The van der Waals surface area contributed by atoms with E-state index in [2.05, 4.69) is 39.3 Å². The lowest BCUT2D eigenvalue weighted by Gasteiger charge is -2.40. The van der Waals surface area contributed by atoms with Gasteiger partial charge in [0.15, 0.2) is 16.1 Å². The second kappa shape index (κ2) is 10.9. The number of carboxylic acids is 1. The maximum Gasteiger partial charge on any atom is 0.337 e. The molecule has 0 unspecified atom stereocenters. The first-order valence-electron chi connectivity index (χ1n) is 12.0. The zero-order valence-corrected chi connectivity index (χ0v) is 21.7. The molecular formula is C24H31ClN6O3S. The van der Waals surface area contributed by atoms with Gasteiger partial charge in [-0.2, -0.15) is 0 Å². The van der Waals surface area contributed by atoms with Gasteiger partial charge in [0.1, 0.15) is 0 Å². The number of thiazole rings is 1. The highest BCUT2D eigenvalue weighted by molar-refractivity contribution is 7.22. The van der Waals surface area contributed by atoms with Crippen molar-refractivity contribution in [3.05, 3.63) is 40.4 Å². The third-order valence-corrected chi connectivity index (χ3v) is 8.04. The third-order valence-electron chi connectivity index (χ3n) is 6.57. The van der Waals surface area contributed by atoms with Crippen molar-refractivity contribution in [1.29, 1.82) is 0 Å². The van der Waals surface area contributed by atoms with Gasteiger partial charge in [0.25, 0.3) is 5.91 Å². The Morgan fingerprint density at radius 3 is 2.69 bits per heavy atom. The Bertz CT molecular complexity index is 1210. The standard InChI is InChI=1S/C24H31ClN6O3S/c1-4-13(5-2)26-18-12-31(24-29-17-9-7-8-14(23(33)34)19(17)35-24)11-10-16(18)28-22(32)21-27-15(6-3)20(25)30-21/h7-9,13,16,18,26H,4-6,10-12H2,1-3H3,(H,27,30)(H,28,32)(H,33,34)/t16-,18-/m1/s1. The number of anilines is 1. The number of aryl methyl sites for hydroxylation is 1. The van der Waals surface area contributed by atoms with Crippen LogP contribution in [0.3, 0.4) is 0 Å². The Kier molecular flexibility index (Phi) is 7.93. The molecule has 188 valence electrons. The smallest absolute Gasteiger partial charge is 0.337 e. The molecule has 1 aromatic carbocycles. The number of aromatic nitrogens is 3. The molecule has 3 heterocycles. The number of hydrogen-bond acceptors (Lipinski definition) is 7. The summed E-state index contributed by atoms with van der Waals surface area (Å²) in [4.78, 5) is 38.7. The summed E-state index contributed by atoms with van der Waals surface area (Å²) in [6, 6.07) is 5.37. The van der Waals surface area contributed by atoms with Crippen molar-refractivity contribution in [2.24, 2.45) is 0 Å². The van der Waals surface area contributed by atoms with Crippen LogP contribution in [-0.4, -0.2) is 63.1 Å². The van der Waals surface area contributed by atoms with Gasteiger partial charge in [-0.1, -0.05) is 49.8 Å². The molecule has 1 saturated heterocycles. The second-order valence-electron chi connectivity index (χ2n) is 8.76. The molecule has 1 aliphatic heterocycles. The molecule has 3 aromatic rings. The van der Waals surface area contributed by atoms with E-state index in [1.165, 1.54) is 11.3 Å². The Morgan fingerprint density at radius 2 is 2.03 bits per heavy atom. The van der Waals surface area contributed by atoms with E-state index in [4.69, 9.17) is 16.6 Å². The van der Waals surface area contributed by atoms with Gasteiger partial charge in [0.2, 0.25) is 0 Å². The minimum Gasteiger partial charge on any atom is -0.478 e. The average Bonchev–Trinajstić information content (AvgIpc) is 3.46. The van der Waals surface area contributed by atoms with Crippen LogP contribution in [0.4, 0.5) is 5.13 Å². The molecule has 2 aromatic heterocycles. The van der Waals surface area contributed by atoms with Crippen molar-refractivity contribution in [2.75, 3.05) is 18.0 Å². The predicted molar refractivity (Wildman–Crippen MR) is 139 cm³/mol. The highest BCUT2D eigenvalue weighted by Gasteiger charge is 2.33. The number of H-pyrrole nitrogens is 1. The van der Waals surface area contributed by atoms with Gasteiger partial charge in [-0.25, -0.2) is 14.8 Å². The Labute approximate surface area is 213 Å². The van der Waals surface area contributed by atoms with Crippen molar-refractivity contribution >= 4 is 50.2 Å². The number of halogens is 1. The quantitative estimate of drug-likeness (QED) is 0.336. The molecule has 0 saturated carbocycles. The number of nitrogens with zero attached hydrogens (tertiary/aromatic N) is 3. The van der Waals surface area contributed by atoms with Crippen molar-refractivity contribution in [3.8, 4) is 0 Å². The first-order chi connectivity index (χ1) is 16.8. The van der Waals surface area contributed by atoms with Crippen LogP contribution in [0, 0.1) is 0 Å². The highest BCUT2D eigenvalue weighted by Crippen LogP contribution is 2.33. The van der Waals surface area contributed by atoms with Crippen LogP contribution in [0.1, 0.15) is 66.7 Å². The molecule has 1 amide bonds. The van der Waals surface area contributed by atoms with E-state index >= 15 is 0 Å². The fraction of sp³-hybridized carbons (Fsp3) is 0.500. The van der Waals surface area contributed by atoms with Crippen LogP contribution in [0.2, 0.25) is 5.15 Å². The summed E-state index contributed by atoms with van der Waals surface area (Å²) in [6.07, 6.45) is 3.33. The van der Waals surface area contributed by atoms with Crippen LogP contribution >= 0.6 is 22.9 Å². The highest BCUT2D eigenvalue weighted by atomic mass is 35.5. The number of benzene rings is 1. The maximum atomic E-state index is 13.0. The lowest BCUT2D eigenvalue weighted by Crippen LogP contribution is -2.61. The fourth-order valence-electron chi connectivity index (χ4n) is 4.50. The number of carbonyl (C=O) groups is 2. The van der Waals surface area contributed by atoms with Gasteiger partial charge in [0, 0.05) is 31.2 Å². The van der Waals surface area contributed by atoms with Gasteiger partial charge in [-0.05, 0) is 37.8 Å². The molecule has 0 bridgehead atoms. The molecule has 1 fully saturated rings. The average molecular weight is 519 g/mol. The number of aromatic carboxylic acids is 1. The predicted octanol–water partition coefficient (Wildman–Crippen LogP) is 4.09. The van der Waals surface area contributed by atoms with Crippen molar-refractivity contribution in [2.45, 2.75) is 64.6 Å². The molecule has 0 spiro atoms. The number of rotatable bonds is 9. The van der Waals surface area contributed by atoms with Gasteiger partial charge in [-0.3, -0.25) is 4.79 Å². The van der Waals surface area contributed by atoms with Gasteiger partial charge < -0.3 is 25.6 Å². The largest absolute Gasteiger partial charge is 0.478 e. The summed E-state index contributed by atoms with van der Waals surface area (Å²) in [7, 11) is 0. The molecular weight excluding hydrogens is 488 g/mol. The summed E-state index contributed by atoms with van der Waals surface area (Å²) >= 11 is 7.53. The van der Waals surface area contributed by atoms with Gasteiger partial charge >= 0.3 is 5.97 Å². The number of nitrogens with one attached hydrogen (secondary N) is 3. The minimum atomic E-state index is -0.954. The number of hydrogen-bond donors (Lipinski definition) is 4. The molecule has 35 heavy (non-hydrogen) atoms. The Hall–Kier alpha value is -2.69. The van der Waals surface area contributed by atoms with E-state index < -0.39 is 5.97 Å². The van der Waals surface area contributed by atoms with Crippen LogP contribution in [0.5, 0.6) is 0 Å². The summed E-state index contributed by atoms with van der Waals surface area (Å²) in [5, 5.41) is 17.5.